The summed E-state index contributed by atoms with van der Waals surface area (Å²) >= 11 is 0. The summed E-state index contributed by atoms with van der Waals surface area (Å²) in [7, 11) is 0. The SMILES string of the molecule is O=C1NC(CCCNF)C(=O)O1. The lowest BCUT2D eigenvalue weighted by molar-refractivity contribution is -0.135. The molecule has 0 spiro atoms. The molecule has 1 aliphatic heterocycles. The Bertz CT molecular complexity index is 197. The van der Waals surface area contributed by atoms with Crippen LogP contribution in [-0.4, -0.2) is 24.6 Å². The number of esters is 1. The van der Waals surface area contributed by atoms with Gasteiger partial charge in [0.2, 0.25) is 0 Å². The summed E-state index contributed by atoms with van der Waals surface area (Å²) in [6.45, 7) is 0.166. The van der Waals surface area contributed by atoms with Gasteiger partial charge in [-0.25, -0.2) is 9.59 Å². The first-order valence-electron chi connectivity index (χ1n) is 3.59. The zero-order valence-corrected chi connectivity index (χ0v) is 6.30. The van der Waals surface area contributed by atoms with E-state index < -0.39 is 18.1 Å². The molecule has 5 nitrogen and oxygen atoms in total. The number of carbonyl (C=O) groups excluding carboxylic acids is 2. The molecule has 1 saturated heterocycles. The van der Waals surface area contributed by atoms with E-state index in [1.807, 2.05) is 0 Å². The number of carbonyl (C=O) groups is 2. The predicted molar refractivity (Wildman–Crippen MR) is 36.8 cm³/mol. The third-order valence-electron chi connectivity index (χ3n) is 1.53. The van der Waals surface area contributed by atoms with Crippen LogP contribution in [0.15, 0.2) is 0 Å². The molecule has 0 radical (unpaired) electrons. The van der Waals surface area contributed by atoms with Crippen LogP contribution in [0.3, 0.4) is 0 Å². The van der Waals surface area contributed by atoms with Crippen molar-refractivity contribution < 1.29 is 18.8 Å². The minimum absolute atomic E-state index is 0.166. The molecule has 1 atom stereocenters. The van der Waals surface area contributed by atoms with E-state index in [0.29, 0.717) is 12.8 Å². The highest BCUT2D eigenvalue weighted by Crippen LogP contribution is 2.05. The molecule has 1 unspecified atom stereocenters. The molecular formula is C6H9FN2O3. The molecule has 12 heavy (non-hydrogen) atoms. The second kappa shape index (κ2) is 4.01. The topological polar surface area (TPSA) is 67.4 Å². The van der Waals surface area contributed by atoms with Gasteiger partial charge in [-0.1, -0.05) is 0 Å². The van der Waals surface area contributed by atoms with Crippen LogP contribution in [-0.2, 0) is 9.53 Å². The zero-order chi connectivity index (χ0) is 8.97. The molecule has 6 heteroatoms. The first kappa shape index (κ1) is 8.92. The quantitative estimate of drug-likeness (QED) is 0.271. The number of ether oxygens (including phenoxy) is 1. The average molecular weight is 176 g/mol. The third kappa shape index (κ3) is 2.16. The Morgan fingerprint density at radius 1 is 1.58 bits per heavy atom. The highest BCUT2D eigenvalue weighted by atomic mass is 19.2. The van der Waals surface area contributed by atoms with Crippen LogP contribution < -0.4 is 10.9 Å². The van der Waals surface area contributed by atoms with Gasteiger partial charge in [-0.3, -0.25) is 0 Å². The number of nitrogens with one attached hydrogen (secondary N) is 2. The maximum Gasteiger partial charge on any atom is 0.415 e. The summed E-state index contributed by atoms with van der Waals surface area (Å²) in [6, 6.07) is -0.606. The monoisotopic (exact) mass is 176 g/mol. The highest BCUT2D eigenvalue weighted by molar-refractivity contribution is 5.95. The minimum atomic E-state index is -0.724. The van der Waals surface area contributed by atoms with Crippen molar-refractivity contribution in [3.63, 3.8) is 0 Å². The van der Waals surface area contributed by atoms with E-state index in [9.17, 15) is 14.1 Å². The second-order valence-electron chi connectivity index (χ2n) is 2.43. The van der Waals surface area contributed by atoms with Crippen LogP contribution in [0.5, 0.6) is 0 Å². The van der Waals surface area contributed by atoms with Crippen molar-refractivity contribution in [1.82, 2.24) is 10.9 Å². The molecule has 1 heterocycles. The smallest absolute Gasteiger partial charge is 0.375 e. The fourth-order valence-corrected chi connectivity index (χ4v) is 0.956. The first-order valence-corrected chi connectivity index (χ1v) is 3.59. The molecule has 0 aromatic heterocycles. The van der Waals surface area contributed by atoms with Crippen molar-refractivity contribution in [2.24, 2.45) is 0 Å². The zero-order valence-electron chi connectivity index (χ0n) is 6.30. The fourth-order valence-electron chi connectivity index (χ4n) is 0.956. The van der Waals surface area contributed by atoms with Crippen LogP contribution in [0.2, 0.25) is 0 Å². The number of amides is 1. The van der Waals surface area contributed by atoms with Crippen LogP contribution in [0.4, 0.5) is 9.28 Å². The van der Waals surface area contributed by atoms with Gasteiger partial charge in [-0.2, -0.15) is 5.54 Å². The van der Waals surface area contributed by atoms with Gasteiger partial charge < -0.3 is 10.1 Å². The molecule has 68 valence electrons. The van der Waals surface area contributed by atoms with E-state index in [1.165, 1.54) is 5.54 Å². The number of hydrogen-bond acceptors (Lipinski definition) is 4. The van der Waals surface area contributed by atoms with Crippen LogP contribution in [0.1, 0.15) is 12.8 Å². The van der Waals surface area contributed by atoms with E-state index >= 15 is 0 Å². The summed E-state index contributed by atoms with van der Waals surface area (Å²) in [6.07, 6.45) is 0.135. The third-order valence-corrected chi connectivity index (χ3v) is 1.53. The van der Waals surface area contributed by atoms with E-state index in [2.05, 4.69) is 10.1 Å². The molecule has 0 saturated carbocycles. The Morgan fingerprint density at radius 2 is 2.33 bits per heavy atom. The predicted octanol–water partition coefficient (Wildman–Crippen LogP) is -0.124. The Morgan fingerprint density at radius 3 is 2.83 bits per heavy atom. The van der Waals surface area contributed by atoms with E-state index in [0.717, 1.165) is 0 Å². The van der Waals surface area contributed by atoms with Gasteiger partial charge in [0.05, 0.1) is 0 Å². The Kier molecular flexibility index (Phi) is 2.98. The van der Waals surface area contributed by atoms with Gasteiger partial charge in [0.15, 0.2) is 0 Å². The van der Waals surface area contributed by atoms with Crippen molar-refractivity contribution in [3.05, 3.63) is 0 Å². The van der Waals surface area contributed by atoms with E-state index in [4.69, 9.17) is 0 Å². The molecule has 2 N–H and O–H groups in total. The molecule has 0 aromatic rings. The standard InChI is InChI=1S/C6H9FN2O3/c7-8-3-1-2-4-5(10)12-6(11)9-4/h4,8H,1-3H2,(H,9,11). The van der Waals surface area contributed by atoms with Crippen LogP contribution in [0.25, 0.3) is 0 Å². The maximum atomic E-state index is 11.4. The molecule has 0 aromatic carbocycles. The van der Waals surface area contributed by atoms with Gasteiger partial charge in [-0.05, 0) is 12.8 Å². The largest absolute Gasteiger partial charge is 0.415 e. The van der Waals surface area contributed by atoms with Crippen molar-refractivity contribution in [1.29, 1.82) is 0 Å². The Hall–Kier alpha value is -1.17. The van der Waals surface area contributed by atoms with Gasteiger partial charge in [0.1, 0.15) is 6.04 Å². The van der Waals surface area contributed by atoms with Crippen LogP contribution in [0, 0.1) is 0 Å². The lowest BCUT2D eigenvalue weighted by Crippen LogP contribution is -2.29. The lowest BCUT2D eigenvalue weighted by Gasteiger charge is -2.02. The second-order valence-corrected chi connectivity index (χ2v) is 2.43. The van der Waals surface area contributed by atoms with Crippen molar-refractivity contribution in [2.75, 3.05) is 6.54 Å². The fraction of sp³-hybridized carbons (Fsp3) is 0.667. The molecule has 1 aliphatic rings. The molecular weight excluding hydrogens is 167 g/mol. The first-order chi connectivity index (χ1) is 5.74. The summed E-state index contributed by atoms with van der Waals surface area (Å²) < 4.78 is 15.6. The van der Waals surface area contributed by atoms with Gasteiger partial charge in [-0.15, -0.1) is 4.48 Å². The molecule has 0 aliphatic carbocycles. The van der Waals surface area contributed by atoms with Crippen LogP contribution >= 0.6 is 0 Å². The van der Waals surface area contributed by atoms with Gasteiger partial charge >= 0.3 is 12.1 Å². The number of hydrogen-bond donors (Lipinski definition) is 2. The summed E-state index contributed by atoms with van der Waals surface area (Å²) in [5, 5.41) is 2.30. The number of cyclic esters (lactones) is 2. The Balaban J connectivity index is 2.24. The summed E-state index contributed by atoms with van der Waals surface area (Å²) in [4.78, 5) is 21.2. The average Bonchev–Trinajstić information content (AvgIpc) is 2.31. The Labute approximate surface area is 68.2 Å². The van der Waals surface area contributed by atoms with E-state index in [-0.39, 0.29) is 6.54 Å². The number of alkyl carbamates (subject to hydrolysis) is 1. The van der Waals surface area contributed by atoms with Crippen molar-refractivity contribution in [2.45, 2.75) is 18.9 Å². The van der Waals surface area contributed by atoms with E-state index in [1.54, 1.807) is 0 Å². The lowest BCUT2D eigenvalue weighted by atomic mass is 10.2. The van der Waals surface area contributed by atoms with Crippen molar-refractivity contribution >= 4 is 12.1 Å². The molecule has 1 rings (SSSR count). The van der Waals surface area contributed by atoms with Crippen molar-refractivity contribution in [3.8, 4) is 0 Å². The molecule has 1 fully saturated rings. The van der Waals surface area contributed by atoms with Gasteiger partial charge in [0, 0.05) is 6.54 Å². The highest BCUT2D eigenvalue weighted by Gasteiger charge is 2.31. The number of rotatable bonds is 4. The molecule has 1 amide bonds. The summed E-state index contributed by atoms with van der Waals surface area (Å²) in [5.74, 6) is -0.584. The normalized spacial score (nSPS) is 22.2. The maximum absolute atomic E-state index is 11.4. The molecule has 0 bridgehead atoms. The summed E-state index contributed by atoms with van der Waals surface area (Å²) in [5.41, 5.74) is 1.45. The minimum Gasteiger partial charge on any atom is -0.375 e. The van der Waals surface area contributed by atoms with Gasteiger partial charge in [0.25, 0.3) is 0 Å². The number of halogens is 1.